The van der Waals surface area contributed by atoms with E-state index in [0.29, 0.717) is 0 Å². The third-order valence-electron chi connectivity index (χ3n) is 4.56. The molecular weight excluding hydrogens is 380 g/mol. The second-order valence-corrected chi connectivity index (χ2v) is 6.60. The molecule has 8 nitrogen and oxygen atoms in total. The number of aromatic hydroxyl groups is 1. The van der Waals surface area contributed by atoms with E-state index in [9.17, 15) is 30.3 Å². The van der Waals surface area contributed by atoms with Crippen LogP contribution in [0.15, 0.2) is 54.6 Å². The number of aliphatic hydroxyl groups excluding tert-OH is 4. The standard InChI is InChI=1S/C21H22O8/c22-11-17-18(25)19(26)20(27)21(29-17)28-13-7-8-14(16(24)10-13)15(23)9-6-12-4-2-1-3-5-12/h1-10,17-22,24-27H,11H2/b9-6+. The molecule has 2 aromatic rings. The van der Waals surface area contributed by atoms with Crippen molar-refractivity contribution >= 4 is 11.9 Å². The van der Waals surface area contributed by atoms with Gasteiger partial charge in [-0.25, -0.2) is 0 Å². The summed E-state index contributed by atoms with van der Waals surface area (Å²) in [6, 6.07) is 13.1. The summed E-state index contributed by atoms with van der Waals surface area (Å²) in [5.41, 5.74) is 0.890. The summed E-state index contributed by atoms with van der Waals surface area (Å²) < 4.78 is 10.7. The number of carbonyl (C=O) groups is 1. The van der Waals surface area contributed by atoms with Crippen molar-refractivity contribution in [2.24, 2.45) is 0 Å². The molecule has 154 valence electrons. The minimum Gasteiger partial charge on any atom is -0.507 e. The van der Waals surface area contributed by atoms with E-state index >= 15 is 0 Å². The first-order valence-corrected chi connectivity index (χ1v) is 8.98. The lowest BCUT2D eigenvalue weighted by Crippen LogP contribution is -2.60. The van der Waals surface area contributed by atoms with Crippen LogP contribution in [0.5, 0.6) is 11.5 Å². The molecule has 0 aliphatic carbocycles. The van der Waals surface area contributed by atoms with Crippen molar-refractivity contribution in [1.29, 1.82) is 0 Å². The molecule has 1 heterocycles. The fourth-order valence-corrected chi connectivity index (χ4v) is 2.92. The van der Waals surface area contributed by atoms with E-state index in [1.165, 1.54) is 24.3 Å². The average molecular weight is 402 g/mol. The zero-order chi connectivity index (χ0) is 21.0. The zero-order valence-electron chi connectivity index (χ0n) is 15.3. The zero-order valence-corrected chi connectivity index (χ0v) is 15.3. The van der Waals surface area contributed by atoms with Gasteiger partial charge in [-0.05, 0) is 23.8 Å². The number of phenols is 1. The molecular formula is C21H22O8. The van der Waals surface area contributed by atoms with Gasteiger partial charge in [0, 0.05) is 6.07 Å². The van der Waals surface area contributed by atoms with Gasteiger partial charge in [0.1, 0.15) is 35.9 Å². The second-order valence-electron chi connectivity index (χ2n) is 6.60. The van der Waals surface area contributed by atoms with Crippen molar-refractivity contribution in [3.8, 4) is 11.5 Å². The molecule has 0 aromatic heterocycles. The van der Waals surface area contributed by atoms with Crippen LogP contribution in [0.25, 0.3) is 6.08 Å². The van der Waals surface area contributed by atoms with Crippen molar-refractivity contribution in [3.05, 3.63) is 65.7 Å². The topological polar surface area (TPSA) is 137 Å². The Balaban J connectivity index is 1.71. The molecule has 1 saturated heterocycles. The maximum Gasteiger partial charge on any atom is 0.229 e. The largest absolute Gasteiger partial charge is 0.507 e. The molecule has 0 amide bonds. The maximum atomic E-state index is 12.3. The van der Waals surface area contributed by atoms with Crippen molar-refractivity contribution in [1.82, 2.24) is 0 Å². The first kappa shape index (κ1) is 21.0. The number of phenolic OH excluding ortho intramolecular Hbond substituents is 1. The molecule has 29 heavy (non-hydrogen) atoms. The van der Waals surface area contributed by atoms with Gasteiger partial charge in [-0.3, -0.25) is 4.79 Å². The summed E-state index contributed by atoms with van der Waals surface area (Å²) in [5, 5.41) is 49.0. The van der Waals surface area contributed by atoms with E-state index in [0.717, 1.165) is 5.56 Å². The van der Waals surface area contributed by atoms with Crippen LogP contribution in [0.3, 0.4) is 0 Å². The first-order valence-electron chi connectivity index (χ1n) is 8.98. The molecule has 1 aliphatic rings. The summed E-state index contributed by atoms with van der Waals surface area (Å²) in [6.45, 7) is -0.586. The SMILES string of the molecule is O=C(/C=C/c1ccccc1)c1ccc(OC2OC(CO)C(O)C(O)C2O)cc1O. The predicted molar refractivity (Wildman–Crippen MR) is 102 cm³/mol. The summed E-state index contributed by atoms with van der Waals surface area (Å²) in [5.74, 6) is -0.684. The van der Waals surface area contributed by atoms with E-state index in [1.807, 2.05) is 30.3 Å². The van der Waals surface area contributed by atoms with Crippen LogP contribution >= 0.6 is 0 Å². The van der Waals surface area contributed by atoms with Gasteiger partial charge in [-0.2, -0.15) is 0 Å². The van der Waals surface area contributed by atoms with Crippen molar-refractivity contribution in [3.63, 3.8) is 0 Å². The molecule has 8 heteroatoms. The monoisotopic (exact) mass is 402 g/mol. The van der Waals surface area contributed by atoms with E-state index < -0.39 is 43.1 Å². The Morgan fingerprint density at radius 3 is 2.41 bits per heavy atom. The number of rotatable bonds is 6. The summed E-state index contributed by atoms with van der Waals surface area (Å²) in [6.07, 6.45) is -4.20. The molecule has 5 unspecified atom stereocenters. The van der Waals surface area contributed by atoms with E-state index in [4.69, 9.17) is 9.47 Å². The highest BCUT2D eigenvalue weighted by Gasteiger charge is 2.44. The van der Waals surface area contributed by atoms with E-state index in [-0.39, 0.29) is 17.1 Å². The number of aliphatic hydroxyl groups is 4. The smallest absolute Gasteiger partial charge is 0.229 e. The lowest BCUT2D eigenvalue weighted by Gasteiger charge is -2.39. The number of allylic oxidation sites excluding steroid dienone is 1. The van der Waals surface area contributed by atoms with Gasteiger partial charge in [0.25, 0.3) is 0 Å². The van der Waals surface area contributed by atoms with Gasteiger partial charge in [-0.1, -0.05) is 36.4 Å². The fourth-order valence-electron chi connectivity index (χ4n) is 2.92. The Morgan fingerprint density at radius 2 is 1.76 bits per heavy atom. The fraction of sp³-hybridized carbons (Fsp3) is 0.286. The molecule has 1 aliphatic heterocycles. The van der Waals surface area contributed by atoms with Crippen molar-refractivity contribution < 1.29 is 39.8 Å². The van der Waals surface area contributed by atoms with Crippen LogP contribution in [0.4, 0.5) is 0 Å². The molecule has 5 atom stereocenters. The van der Waals surface area contributed by atoms with Gasteiger partial charge in [0.15, 0.2) is 5.78 Å². The van der Waals surface area contributed by atoms with Crippen LogP contribution in [0.2, 0.25) is 0 Å². The number of ether oxygens (including phenoxy) is 2. The van der Waals surface area contributed by atoms with Gasteiger partial charge in [0.2, 0.25) is 6.29 Å². The Bertz CT molecular complexity index is 864. The molecule has 3 rings (SSSR count). The minimum atomic E-state index is -1.58. The summed E-state index contributed by atoms with van der Waals surface area (Å²) in [4.78, 5) is 12.3. The third-order valence-corrected chi connectivity index (χ3v) is 4.56. The molecule has 0 bridgehead atoms. The number of hydrogen-bond donors (Lipinski definition) is 5. The Labute approximate surface area is 166 Å². The van der Waals surface area contributed by atoms with Crippen LogP contribution in [-0.4, -0.2) is 68.6 Å². The third kappa shape index (κ3) is 4.81. The molecule has 1 fully saturated rings. The van der Waals surface area contributed by atoms with Crippen molar-refractivity contribution in [2.75, 3.05) is 6.61 Å². The van der Waals surface area contributed by atoms with Crippen LogP contribution < -0.4 is 4.74 Å². The van der Waals surface area contributed by atoms with Crippen LogP contribution in [0, 0.1) is 0 Å². The lowest BCUT2D eigenvalue weighted by atomic mass is 9.99. The Hall–Kier alpha value is -2.75. The summed E-state index contributed by atoms with van der Waals surface area (Å²) >= 11 is 0. The number of hydrogen-bond acceptors (Lipinski definition) is 8. The minimum absolute atomic E-state index is 0.0540. The average Bonchev–Trinajstić information content (AvgIpc) is 2.73. The quantitative estimate of drug-likeness (QED) is 0.347. The summed E-state index contributed by atoms with van der Waals surface area (Å²) in [7, 11) is 0. The van der Waals surface area contributed by atoms with Crippen LogP contribution in [-0.2, 0) is 4.74 Å². The Morgan fingerprint density at radius 1 is 1.03 bits per heavy atom. The maximum absolute atomic E-state index is 12.3. The first-order chi connectivity index (χ1) is 13.9. The highest BCUT2D eigenvalue weighted by molar-refractivity contribution is 6.08. The van der Waals surface area contributed by atoms with Gasteiger partial charge in [0.05, 0.1) is 12.2 Å². The van der Waals surface area contributed by atoms with E-state index in [1.54, 1.807) is 6.08 Å². The highest BCUT2D eigenvalue weighted by Crippen LogP contribution is 2.28. The van der Waals surface area contributed by atoms with Gasteiger partial charge in [-0.15, -0.1) is 0 Å². The molecule has 0 radical (unpaired) electrons. The molecule has 2 aromatic carbocycles. The normalized spacial score (nSPS) is 27.1. The number of benzene rings is 2. The van der Waals surface area contributed by atoms with Crippen LogP contribution in [0.1, 0.15) is 15.9 Å². The Kier molecular flexibility index (Phi) is 6.63. The lowest BCUT2D eigenvalue weighted by molar-refractivity contribution is -0.277. The predicted octanol–water partition coefficient (Wildman–Crippen LogP) is 0.467. The van der Waals surface area contributed by atoms with Crippen molar-refractivity contribution in [2.45, 2.75) is 30.7 Å². The number of carbonyl (C=O) groups excluding carboxylic acids is 1. The molecule has 0 saturated carbocycles. The van der Waals surface area contributed by atoms with Gasteiger partial charge >= 0.3 is 0 Å². The number of ketones is 1. The van der Waals surface area contributed by atoms with Gasteiger partial charge < -0.3 is 35.0 Å². The molecule has 5 N–H and O–H groups in total. The van der Waals surface area contributed by atoms with E-state index in [2.05, 4.69) is 0 Å². The second kappa shape index (κ2) is 9.17. The highest BCUT2D eigenvalue weighted by atomic mass is 16.7. The molecule has 0 spiro atoms.